The van der Waals surface area contributed by atoms with E-state index in [2.05, 4.69) is 11.9 Å². The predicted octanol–water partition coefficient (Wildman–Crippen LogP) is 1.57. The standard InChI is InChI=1S/C12H19NO3/c1-3-4-8(2)13-11(14)9-5-6-10(7-9)12(15)16/h3,8-10H,1,4-7H2,2H3,(H,13,14)(H,15,16). The van der Waals surface area contributed by atoms with Crippen molar-refractivity contribution >= 4 is 11.9 Å². The Morgan fingerprint density at radius 1 is 1.50 bits per heavy atom. The fraction of sp³-hybridized carbons (Fsp3) is 0.667. The van der Waals surface area contributed by atoms with Crippen LogP contribution in [-0.4, -0.2) is 23.0 Å². The van der Waals surface area contributed by atoms with Crippen molar-refractivity contribution in [3.63, 3.8) is 0 Å². The predicted molar refractivity (Wildman–Crippen MR) is 60.9 cm³/mol. The summed E-state index contributed by atoms with van der Waals surface area (Å²) in [6, 6.07) is 0.0777. The molecule has 0 aromatic heterocycles. The van der Waals surface area contributed by atoms with Gasteiger partial charge in [0, 0.05) is 12.0 Å². The van der Waals surface area contributed by atoms with Crippen LogP contribution < -0.4 is 5.32 Å². The van der Waals surface area contributed by atoms with Gasteiger partial charge >= 0.3 is 5.97 Å². The molecule has 4 heteroatoms. The molecule has 0 aromatic rings. The van der Waals surface area contributed by atoms with Gasteiger partial charge in [-0.3, -0.25) is 9.59 Å². The van der Waals surface area contributed by atoms with E-state index in [4.69, 9.17) is 5.11 Å². The third kappa shape index (κ3) is 3.36. The monoisotopic (exact) mass is 225 g/mol. The first-order valence-corrected chi connectivity index (χ1v) is 5.68. The van der Waals surface area contributed by atoms with Gasteiger partial charge in [-0.25, -0.2) is 0 Å². The molecule has 0 aromatic carbocycles. The maximum Gasteiger partial charge on any atom is 0.306 e. The maximum atomic E-state index is 11.8. The molecular weight excluding hydrogens is 206 g/mol. The topological polar surface area (TPSA) is 66.4 Å². The normalized spacial score (nSPS) is 26.1. The van der Waals surface area contributed by atoms with E-state index in [0.29, 0.717) is 19.3 Å². The van der Waals surface area contributed by atoms with Crippen molar-refractivity contribution in [2.75, 3.05) is 0 Å². The molecule has 0 heterocycles. The number of nitrogens with one attached hydrogen (secondary N) is 1. The molecule has 0 aliphatic heterocycles. The van der Waals surface area contributed by atoms with Crippen LogP contribution in [0, 0.1) is 11.8 Å². The van der Waals surface area contributed by atoms with E-state index in [0.717, 1.165) is 6.42 Å². The molecule has 1 amide bonds. The first-order chi connectivity index (χ1) is 7.54. The third-order valence-corrected chi connectivity index (χ3v) is 3.06. The maximum absolute atomic E-state index is 11.8. The summed E-state index contributed by atoms with van der Waals surface area (Å²) in [5.41, 5.74) is 0. The average Bonchev–Trinajstić information content (AvgIpc) is 2.66. The van der Waals surface area contributed by atoms with Crippen molar-refractivity contribution in [2.45, 2.75) is 38.6 Å². The number of carboxylic acids is 1. The zero-order valence-corrected chi connectivity index (χ0v) is 9.61. The first kappa shape index (κ1) is 12.7. The number of carbonyl (C=O) groups excluding carboxylic acids is 1. The lowest BCUT2D eigenvalue weighted by molar-refractivity contribution is -0.141. The fourth-order valence-electron chi connectivity index (χ4n) is 2.11. The summed E-state index contributed by atoms with van der Waals surface area (Å²) in [6.07, 6.45) is 4.27. The number of aliphatic carboxylic acids is 1. The zero-order chi connectivity index (χ0) is 12.1. The van der Waals surface area contributed by atoms with Gasteiger partial charge in [0.15, 0.2) is 0 Å². The summed E-state index contributed by atoms with van der Waals surface area (Å²) < 4.78 is 0. The van der Waals surface area contributed by atoms with Gasteiger partial charge in [-0.1, -0.05) is 6.08 Å². The van der Waals surface area contributed by atoms with E-state index < -0.39 is 5.97 Å². The largest absolute Gasteiger partial charge is 0.481 e. The lowest BCUT2D eigenvalue weighted by atomic mass is 10.0. The molecule has 1 aliphatic rings. The molecule has 90 valence electrons. The summed E-state index contributed by atoms with van der Waals surface area (Å²) in [5.74, 6) is -1.27. The molecule has 1 rings (SSSR count). The molecule has 0 saturated heterocycles. The van der Waals surface area contributed by atoms with Crippen molar-refractivity contribution < 1.29 is 14.7 Å². The Bertz CT molecular complexity index is 288. The van der Waals surface area contributed by atoms with Gasteiger partial charge < -0.3 is 10.4 Å². The minimum Gasteiger partial charge on any atom is -0.481 e. The van der Waals surface area contributed by atoms with Crippen LogP contribution in [0.4, 0.5) is 0 Å². The van der Waals surface area contributed by atoms with E-state index >= 15 is 0 Å². The molecule has 16 heavy (non-hydrogen) atoms. The van der Waals surface area contributed by atoms with Crippen LogP contribution in [0.5, 0.6) is 0 Å². The molecule has 1 fully saturated rings. The Morgan fingerprint density at radius 3 is 2.62 bits per heavy atom. The molecule has 4 nitrogen and oxygen atoms in total. The zero-order valence-electron chi connectivity index (χ0n) is 9.61. The van der Waals surface area contributed by atoms with E-state index in [1.807, 2.05) is 6.92 Å². The molecule has 0 bridgehead atoms. The molecule has 3 unspecified atom stereocenters. The highest BCUT2D eigenvalue weighted by Crippen LogP contribution is 2.31. The molecule has 0 radical (unpaired) electrons. The van der Waals surface area contributed by atoms with Crippen molar-refractivity contribution in [1.29, 1.82) is 0 Å². The molecule has 2 N–H and O–H groups in total. The molecule has 1 aliphatic carbocycles. The summed E-state index contributed by atoms with van der Waals surface area (Å²) in [4.78, 5) is 22.5. The van der Waals surface area contributed by atoms with Gasteiger partial charge in [-0.2, -0.15) is 0 Å². The number of amides is 1. The van der Waals surface area contributed by atoms with E-state index in [9.17, 15) is 9.59 Å². The highest BCUT2D eigenvalue weighted by Gasteiger charge is 2.33. The smallest absolute Gasteiger partial charge is 0.306 e. The second-order valence-electron chi connectivity index (χ2n) is 4.48. The highest BCUT2D eigenvalue weighted by atomic mass is 16.4. The Hall–Kier alpha value is -1.32. The van der Waals surface area contributed by atoms with Crippen LogP contribution in [0.25, 0.3) is 0 Å². The number of rotatable bonds is 5. The lowest BCUT2D eigenvalue weighted by Gasteiger charge is -2.15. The van der Waals surface area contributed by atoms with Crippen LogP contribution in [0.15, 0.2) is 12.7 Å². The summed E-state index contributed by atoms with van der Waals surface area (Å²) in [6.45, 7) is 5.53. The Balaban J connectivity index is 2.39. The third-order valence-electron chi connectivity index (χ3n) is 3.06. The van der Waals surface area contributed by atoms with Crippen molar-refractivity contribution in [2.24, 2.45) is 11.8 Å². The van der Waals surface area contributed by atoms with Gasteiger partial charge in [0.1, 0.15) is 0 Å². The second-order valence-corrected chi connectivity index (χ2v) is 4.48. The van der Waals surface area contributed by atoms with Crippen LogP contribution in [0.2, 0.25) is 0 Å². The lowest BCUT2D eigenvalue weighted by Crippen LogP contribution is -2.36. The van der Waals surface area contributed by atoms with Crippen LogP contribution in [0.3, 0.4) is 0 Å². The number of hydrogen-bond acceptors (Lipinski definition) is 2. The van der Waals surface area contributed by atoms with E-state index in [-0.39, 0.29) is 23.8 Å². The number of hydrogen-bond donors (Lipinski definition) is 2. The minimum absolute atomic E-state index is 0.0156. The summed E-state index contributed by atoms with van der Waals surface area (Å²) in [7, 11) is 0. The molecular formula is C12H19NO3. The second kappa shape index (κ2) is 5.68. The summed E-state index contributed by atoms with van der Waals surface area (Å²) >= 11 is 0. The molecule has 3 atom stereocenters. The van der Waals surface area contributed by atoms with Crippen LogP contribution >= 0.6 is 0 Å². The van der Waals surface area contributed by atoms with Crippen molar-refractivity contribution in [1.82, 2.24) is 5.32 Å². The summed E-state index contributed by atoms with van der Waals surface area (Å²) in [5, 5.41) is 11.7. The SMILES string of the molecule is C=CCC(C)NC(=O)C1CCC(C(=O)O)C1. The number of carbonyl (C=O) groups is 2. The number of carboxylic acid groups (broad SMARTS) is 1. The van der Waals surface area contributed by atoms with Gasteiger partial charge in [-0.05, 0) is 32.6 Å². The Labute approximate surface area is 95.7 Å². The first-order valence-electron chi connectivity index (χ1n) is 5.68. The highest BCUT2D eigenvalue weighted by molar-refractivity contribution is 5.81. The van der Waals surface area contributed by atoms with Crippen molar-refractivity contribution in [3.05, 3.63) is 12.7 Å². The quantitative estimate of drug-likeness (QED) is 0.698. The van der Waals surface area contributed by atoms with Gasteiger partial charge in [0.05, 0.1) is 5.92 Å². The van der Waals surface area contributed by atoms with Crippen molar-refractivity contribution in [3.8, 4) is 0 Å². The fourth-order valence-corrected chi connectivity index (χ4v) is 2.11. The minimum atomic E-state index is -0.783. The molecule has 0 spiro atoms. The molecule has 1 saturated carbocycles. The van der Waals surface area contributed by atoms with E-state index in [1.165, 1.54) is 0 Å². The average molecular weight is 225 g/mol. The Morgan fingerprint density at radius 2 is 2.12 bits per heavy atom. The van der Waals surface area contributed by atoms with Gasteiger partial charge in [-0.15, -0.1) is 6.58 Å². The van der Waals surface area contributed by atoms with Gasteiger partial charge in [0.2, 0.25) is 5.91 Å². The van der Waals surface area contributed by atoms with Crippen LogP contribution in [0.1, 0.15) is 32.6 Å². The Kier molecular flexibility index (Phi) is 4.52. The van der Waals surface area contributed by atoms with E-state index in [1.54, 1.807) is 6.08 Å². The van der Waals surface area contributed by atoms with Gasteiger partial charge in [0.25, 0.3) is 0 Å². The van der Waals surface area contributed by atoms with Crippen LogP contribution in [-0.2, 0) is 9.59 Å².